The van der Waals surface area contributed by atoms with Crippen LogP contribution in [0, 0.1) is 16.0 Å². The Labute approximate surface area is 121 Å². The lowest BCUT2D eigenvalue weighted by Crippen LogP contribution is -2.28. The fraction of sp³-hybridized carbons (Fsp3) is 0.429. The van der Waals surface area contributed by atoms with Crippen molar-refractivity contribution in [2.45, 2.75) is 19.1 Å². The van der Waals surface area contributed by atoms with Gasteiger partial charge in [-0.05, 0) is 50.2 Å². The Kier molecular flexibility index (Phi) is 4.99. The summed E-state index contributed by atoms with van der Waals surface area (Å²) < 4.78 is 4.62. The van der Waals surface area contributed by atoms with Crippen LogP contribution in [0.25, 0.3) is 0 Å². The van der Waals surface area contributed by atoms with Crippen molar-refractivity contribution < 1.29 is 19.2 Å². The second-order valence-corrected chi connectivity index (χ2v) is 4.89. The first-order chi connectivity index (χ1) is 10.1. The summed E-state index contributed by atoms with van der Waals surface area (Å²) in [6, 6.07) is 6.07. The summed E-state index contributed by atoms with van der Waals surface area (Å²) in [5.74, 6) is -0.307. The van der Waals surface area contributed by atoms with Crippen LogP contribution >= 0.6 is 0 Å². The van der Waals surface area contributed by atoms with Crippen molar-refractivity contribution in [3.05, 3.63) is 45.5 Å². The van der Waals surface area contributed by atoms with E-state index < -0.39 is 17.1 Å². The van der Waals surface area contributed by atoms with Crippen LogP contribution in [0.3, 0.4) is 0 Å². The minimum absolute atomic E-state index is 0.341. The van der Waals surface area contributed by atoms with Gasteiger partial charge in [0.1, 0.15) is 6.29 Å². The van der Waals surface area contributed by atoms with Crippen molar-refractivity contribution >= 4 is 12.3 Å². The van der Waals surface area contributed by atoms with Crippen molar-refractivity contribution in [1.82, 2.24) is 5.32 Å². The van der Waals surface area contributed by atoms with Gasteiger partial charge in [-0.3, -0.25) is 10.1 Å². The standard InChI is InChI=1S/C8H5NO4.C6H11NO/c10-8-6-3-1-5(2-4-6)7(13-8)9(11)12;8-5-6-1-3-7-4-2-6/h1-4,7H;5-7H,1-4H2. The zero-order chi connectivity index (χ0) is 15.2. The van der Waals surface area contributed by atoms with E-state index in [1.165, 1.54) is 24.3 Å². The van der Waals surface area contributed by atoms with Gasteiger partial charge in [-0.1, -0.05) is 0 Å². The minimum atomic E-state index is -1.36. The number of esters is 1. The molecule has 1 N–H and O–H groups in total. The van der Waals surface area contributed by atoms with Gasteiger partial charge in [0.25, 0.3) is 0 Å². The van der Waals surface area contributed by atoms with Crippen molar-refractivity contribution in [3.63, 3.8) is 0 Å². The second kappa shape index (κ2) is 6.94. The van der Waals surface area contributed by atoms with E-state index in [1.807, 2.05) is 0 Å². The van der Waals surface area contributed by atoms with Crippen LogP contribution in [0.2, 0.25) is 0 Å². The third-order valence-electron chi connectivity index (χ3n) is 3.42. The molecule has 1 fully saturated rings. The molecule has 0 amide bonds. The Balaban J connectivity index is 0.000000173. The maximum absolute atomic E-state index is 11.1. The average Bonchev–Trinajstić information content (AvgIpc) is 2.78. The van der Waals surface area contributed by atoms with Gasteiger partial charge in [-0.2, -0.15) is 0 Å². The topological polar surface area (TPSA) is 98.5 Å². The number of nitrogens with one attached hydrogen (secondary N) is 1. The summed E-state index contributed by atoms with van der Waals surface area (Å²) >= 11 is 0. The zero-order valence-electron chi connectivity index (χ0n) is 11.4. The van der Waals surface area contributed by atoms with Crippen LogP contribution in [-0.4, -0.2) is 30.3 Å². The highest BCUT2D eigenvalue weighted by Crippen LogP contribution is 2.24. The first-order valence-corrected chi connectivity index (χ1v) is 6.72. The Morgan fingerprint density at radius 3 is 2.33 bits per heavy atom. The van der Waals surface area contributed by atoms with Gasteiger partial charge in [-0.25, -0.2) is 4.79 Å². The number of aldehydes is 1. The lowest BCUT2D eigenvalue weighted by Gasteiger charge is -2.16. The van der Waals surface area contributed by atoms with E-state index >= 15 is 0 Å². The van der Waals surface area contributed by atoms with Gasteiger partial charge in [0.2, 0.25) is 0 Å². The Bertz CT molecular complexity index is 523. The molecule has 1 saturated heterocycles. The molecule has 1 atom stereocenters. The molecule has 7 nitrogen and oxygen atoms in total. The Morgan fingerprint density at radius 2 is 1.86 bits per heavy atom. The van der Waals surface area contributed by atoms with E-state index in [1.54, 1.807) is 0 Å². The molecular formula is C14H16N2O5. The zero-order valence-corrected chi connectivity index (χ0v) is 11.4. The van der Waals surface area contributed by atoms with Crippen molar-refractivity contribution in [2.75, 3.05) is 13.1 Å². The highest BCUT2D eigenvalue weighted by molar-refractivity contribution is 5.90. The molecule has 0 spiro atoms. The third kappa shape index (κ3) is 3.85. The van der Waals surface area contributed by atoms with Crippen molar-refractivity contribution in [1.29, 1.82) is 0 Å². The van der Waals surface area contributed by atoms with Crippen molar-refractivity contribution in [3.8, 4) is 0 Å². The molecule has 2 bridgehead atoms. The first kappa shape index (κ1) is 15.1. The largest absolute Gasteiger partial charge is 0.390 e. The van der Waals surface area contributed by atoms with Crippen molar-refractivity contribution in [2.24, 2.45) is 5.92 Å². The fourth-order valence-electron chi connectivity index (χ4n) is 2.17. The summed E-state index contributed by atoms with van der Waals surface area (Å²) in [6.45, 7) is 2.03. The molecule has 3 aliphatic heterocycles. The number of fused-ring (bicyclic) bond motifs is 4. The number of carbonyl (C=O) groups is 2. The van der Waals surface area contributed by atoms with E-state index in [4.69, 9.17) is 0 Å². The SMILES string of the molecule is O=C1OC([N+](=O)[O-])c2ccc1cc2.O=CC1CCNCC1. The monoisotopic (exact) mass is 292 g/mol. The summed E-state index contributed by atoms with van der Waals surface area (Å²) in [5, 5.41) is 13.7. The quantitative estimate of drug-likeness (QED) is 0.382. The maximum Gasteiger partial charge on any atom is 0.383 e. The molecule has 4 rings (SSSR count). The number of nitrogens with zero attached hydrogens (tertiary/aromatic N) is 1. The van der Waals surface area contributed by atoms with Crippen LogP contribution in [-0.2, 0) is 9.53 Å². The van der Waals surface area contributed by atoms with Gasteiger partial charge < -0.3 is 14.8 Å². The molecule has 0 saturated carbocycles. The highest BCUT2D eigenvalue weighted by Gasteiger charge is 2.30. The lowest BCUT2D eigenvalue weighted by molar-refractivity contribution is -0.574. The molecule has 112 valence electrons. The molecule has 21 heavy (non-hydrogen) atoms. The Morgan fingerprint density at radius 1 is 1.24 bits per heavy atom. The van der Waals surface area contributed by atoms with Gasteiger partial charge in [0.15, 0.2) is 0 Å². The molecule has 1 unspecified atom stereocenters. The first-order valence-electron chi connectivity index (χ1n) is 6.72. The van der Waals surface area contributed by atoms with E-state index in [0.717, 1.165) is 32.2 Å². The molecule has 1 aromatic rings. The molecule has 0 radical (unpaired) electrons. The Hall–Kier alpha value is -2.28. The van der Waals surface area contributed by atoms with Gasteiger partial charge in [0, 0.05) is 5.92 Å². The fourth-order valence-corrected chi connectivity index (χ4v) is 2.17. The summed E-state index contributed by atoms with van der Waals surface area (Å²) in [6.07, 6.45) is 1.77. The van der Waals surface area contributed by atoms with E-state index in [2.05, 4.69) is 10.1 Å². The molecule has 3 heterocycles. The maximum atomic E-state index is 11.1. The number of hydrogen-bond acceptors (Lipinski definition) is 6. The molecule has 3 aliphatic rings. The summed E-state index contributed by atoms with van der Waals surface area (Å²) in [4.78, 5) is 31.1. The predicted molar refractivity (Wildman–Crippen MR) is 73.3 cm³/mol. The number of nitro groups is 1. The number of ether oxygens (including phenoxy) is 1. The van der Waals surface area contributed by atoms with E-state index in [9.17, 15) is 19.7 Å². The van der Waals surface area contributed by atoms with Crippen LogP contribution < -0.4 is 5.32 Å². The van der Waals surface area contributed by atoms with E-state index in [-0.39, 0.29) is 0 Å². The lowest BCUT2D eigenvalue weighted by atomic mass is 10.0. The summed E-state index contributed by atoms with van der Waals surface area (Å²) in [7, 11) is 0. The van der Waals surface area contributed by atoms with Gasteiger partial charge in [-0.15, -0.1) is 0 Å². The molecule has 1 aromatic carbocycles. The molecule has 0 aliphatic carbocycles. The minimum Gasteiger partial charge on any atom is -0.390 e. The second-order valence-electron chi connectivity index (χ2n) is 4.89. The molecule has 7 heteroatoms. The van der Waals surface area contributed by atoms with Crippen LogP contribution in [0.15, 0.2) is 24.3 Å². The summed E-state index contributed by atoms with van der Waals surface area (Å²) in [5.41, 5.74) is 0.729. The van der Waals surface area contributed by atoms with Gasteiger partial charge >= 0.3 is 12.2 Å². The van der Waals surface area contributed by atoms with Crippen LogP contribution in [0.4, 0.5) is 0 Å². The smallest absolute Gasteiger partial charge is 0.383 e. The predicted octanol–water partition coefficient (Wildman–Crippen LogP) is 1.32. The normalized spacial score (nSPS) is 20.8. The van der Waals surface area contributed by atoms with E-state index in [0.29, 0.717) is 17.0 Å². The number of carbonyl (C=O) groups excluding carboxylic acids is 2. The third-order valence-corrected chi connectivity index (χ3v) is 3.42. The number of benzene rings is 1. The average molecular weight is 292 g/mol. The highest BCUT2D eigenvalue weighted by atomic mass is 16.7. The van der Waals surface area contributed by atoms with Crippen LogP contribution in [0.1, 0.15) is 35.0 Å². The molecule has 0 aromatic heterocycles. The number of piperidine rings is 1. The number of hydrogen-bond donors (Lipinski definition) is 1. The van der Waals surface area contributed by atoms with Crippen LogP contribution in [0.5, 0.6) is 0 Å². The number of rotatable bonds is 2. The molecular weight excluding hydrogens is 276 g/mol. The van der Waals surface area contributed by atoms with Gasteiger partial charge in [0.05, 0.1) is 16.1 Å².